The number of rotatable bonds is 4. The Kier molecular flexibility index (Phi) is 3.78. The van der Waals surface area contributed by atoms with E-state index in [9.17, 15) is 4.79 Å². The summed E-state index contributed by atoms with van der Waals surface area (Å²) in [6, 6.07) is 5.51. The van der Waals surface area contributed by atoms with Crippen molar-refractivity contribution >= 4 is 11.1 Å². The van der Waals surface area contributed by atoms with E-state index in [4.69, 9.17) is 9.15 Å². The standard InChI is InChI=1S/C15H20N2O3/c1-19-12-2-3-13-14(10-12)20-15(18)17(13)9-6-11-4-7-16-8-5-11/h2-3,10-11,16H,4-9H2,1H3. The second-order valence-electron chi connectivity index (χ2n) is 5.34. The molecule has 20 heavy (non-hydrogen) atoms. The Hall–Kier alpha value is -1.75. The first-order valence-corrected chi connectivity index (χ1v) is 7.16. The average Bonchev–Trinajstić information content (AvgIpc) is 2.80. The lowest BCUT2D eigenvalue weighted by molar-refractivity contribution is 0.334. The molecule has 1 saturated heterocycles. The molecule has 0 saturated carbocycles. The first-order chi connectivity index (χ1) is 9.78. The monoisotopic (exact) mass is 276 g/mol. The van der Waals surface area contributed by atoms with Crippen molar-refractivity contribution in [3.63, 3.8) is 0 Å². The molecule has 0 aliphatic carbocycles. The number of methoxy groups -OCH3 is 1. The zero-order chi connectivity index (χ0) is 13.9. The largest absolute Gasteiger partial charge is 0.497 e. The van der Waals surface area contributed by atoms with E-state index in [0.29, 0.717) is 17.3 Å². The topological polar surface area (TPSA) is 56.4 Å². The van der Waals surface area contributed by atoms with Crippen molar-refractivity contribution in [2.75, 3.05) is 20.2 Å². The van der Waals surface area contributed by atoms with Gasteiger partial charge in [0.2, 0.25) is 0 Å². The number of fused-ring (bicyclic) bond motifs is 1. The van der Waals surface area contributed by atoms with Crippen LogP contribution in [-0.2, 0) is 6.54 Å². The molecule has 0 amide bonds. The number of nitrogens with one attached hydrogen (secondary N) is 1. The molecule has 0 unspecified atom stereocenters. The Morgan fingerprint density at radius 3 is 2.95 bits per heavy atom. The Bertz CT molecular complexity index is 638. The molecule has 5 nitrogen and oxygen atoms in total. The summed E-state index contributed by atoms with van der Waals surface area (Å²) in [4.78, 5) is 12.0. The van der Waals surface area contributed by atoms with Gasteiger partial charge in [-0.25, -0.2) is 4.79 Å². The van der Waals surface area contributed by atoms with Gasteiger partial charge in [-0.2, -0.15) is 0 Å². The van der Waals surface area contributed by atoms with Gasteiger partial charge in [0.05, 0.1) is 12.6 Å². The Morgan fingerprint density at radius 2 is 2.20 bits per heavy atom. The van der Waals surface area contributed by atoms with Crippen molar-refractivity contribution in [1.82, 2.24) is 9.88 Å². The van der Waals surface area contributed by atoms with Crippen molar-refractivity contribution in [1.29, 1.82) is 0 Å². The third-order valence-electron chi connectivity index (χ3n) is 4.10. The van der Waals surface area contributed by atoms with E-state index < -0.39 is 0 Å². The summed E-state index contributed by atoms with van der Waals surface area (Å²) in [5.41, 5.74) is 1.45. The molecule has 1 aromatic carbocycles. The molecule has 1 N–H and O–H groups in total. The number of benzene rings is 1. The quantitative estimate of drug-likeness (QED) is 0.928. The highest BCUT2D eigenvalue weighted by molar-refractivity contribution is 5.74. The summed E-state index contributed by atoms with van der Waals surface area (Å²) in [5, 5.41) is 3.36. The number of hydrogen-bond donors (Lipinski definition) is 1. The zero-order valence-electron chi connectivity index (χ0n) is 11.7. The minimum atomic E-state index is -0.276. The molecule has 1 aliphatic rings. The third-order valence-corrected chi connectivity index (χ3v) is 4.10. The summed E-state index contributed by atoms with van der Waals surface area (Å²) >= 11 is 0. The molecular formula is C15H20N2O3. The molecule has 3 rings (SSSR count). The van der Waals surface area contributed by atoms with Crippen LogP contribution < -0.4 is 15.8 Å². The van der Waals surface area contributed by atoms with Gasteiger partial charge in [-0.3, -0.25) is 4.57 Å². The highest BCUT2D eigenvalue weighted by atomic mass is 16.5. The van der Waals surface area contributed by atoms with Crippen LogP contribution in [0, 0.1) is 5.92 Å². The average molecular weight is 276 g/mol. The number of ether oxygens (including phenoxy) is 1. The summed E-state index contributed by atoms with van der Waals surface area (Å²) < 4.78 is 12.2. The van der Waals surface area contributed by atoms with Gasteiger partial charge in [-0.15, -0.1) is 0 Å². The maximum atomic E-state index is 12.0. The van der Waals surface area contributed by atoms with E-state index in [1.165, 1.54) is 12.8 Å². The summed E-state index contributed by atoms with van der Waals surface area (Å²) in [5.74, 6) is 1.13. The highest BCUT2D eigenvalue weighted by Crippen LogP contribution is 2.22. The molecule has 1 aromatic heterocycles. The second kappa shape index (κ2) is 5.71. The number of oxazole rings is 1. The fourth-order valence-electron chi connectivity index (χ4n) is 2.87. The smallest absolute Gasteiger partial charge is 0.419 e. The number of aryl methyl sites for hydroxylation is 1. The van der Waals surface area contributed by atoms with Crippen molar-refractivity contribution in [3.05, 3.63) is 28.7 Å². The maximum absolute atomic E-state index is 12.0. The molecule has 0 radical (unpaired) electrons. The van der Waals surface area contributed by atoms with Crippen LogP contribution in [0.25, 0.3) is 11.1 Å². The first-order valence-electron chi connectivity index (χ1n) is 7.16. The highest BCUT2D eigenvalue weighted by Gasteiger charge is 2.15. The fourth-order valence-corrected chi connectivity index (χ4v) is 2.87. The van der Waals surface area contributed by atoms with Crippen molar-refractivity contribution in [2.24, 2.45) is 5.92 Å². The van der Waals surface area contributed by atoms with Gasteiger partial charge in [-0.05, 0) is 50.4 Å². The molecule has 2 heterocycles. The van der Waals surface area contributed by atoms with Crippen molar-refractivity contribution < 1.29 is 9.15 Å². The van der Waals surface area contributed by atoms with Gasteiger partial charge in [0, 0.05) is 12.6 Å². The third kappa shape index (κ3) is 2.58. The van der Waals surface area contributed by atoms with E-state index in [1.807, 2.05) is 12.1 Å². The van der Waals surface area contributed by atoms with Crippen molar-refractivity contribution in [2.45, 2.75) is 25.8 Å². The maximum Gasteiger partial charge on any atom is 0.419 e. The summed E-state index contributed by atoms with van der Waals surface area (Å²) in [6.45, 7) is 2.90. The SMILES string of the molecule is COc1ccc2c(c1)oc(=O)n2CCC1CCNCC1. The van der Waals surface area contributed by atoms with Crippen LogP contribution in [0.1, 0.15) is 19.3 Å². The van der Waals surface area contributed by atoms with Crippen molar-refractivity contribution in [3.8, 4) is 5.75 Å². The van der Waals surface area contributed by atoms with Crippen LogP contribution in [0.5, 0.6) is 5.75 Å². The Balaban J connectivity index is 1.80. The van der Waals surface area contributed by atoms with Crippen LogP contribution >= 0.6 is 0 Å². The molecule has 0 atom stereocenters. The minimum Gasteiger partial charge on any atom is -0.497 e. The van der Waals surface area contributed by atoms with Gasteiger partial charge in [-0.1, -0.05) is 0 Å². The number of hydrogen-bond acceptors (Lipinski definition) is 4. The molecule has 5 heteroatoms. The number of piperidine rings is 1. The lowest BCUT2D eigenvalue weighted by atomic mass is 9.95. The first kappa shape index (κ1) is 13.2. The van der Waals surface area contributed by atoms with E-state index in [2.05, 4.69) is 5.32 Å². The van der Waals surface area contributed by atoms with E-state index in [0.717, 1.165) is 31.6 Å². The summed E-state index contributed by atoms with van der Waals surface area (Å²) in [6.07, 6.45) is 3.42. The summed E-state index contributed by atoms with van der Waals surface area (Å²) in [7, 11) is 1.60. The molecule has 1 aliphatic heterocycles. The Labute approximate surface area is 117 Å². The number of nitrogens with zero attached hydrogens (tertiary/aromatic N) is 1. The van der Waals surface area contributed by atoms with E-state index >= 15 is 0 Å². The normalized spacial score (nSPS) is 16.6. The van der Waals surface area contributed by atoms with Crippen LogP contribution in [-0.4, -0.2) is 24.8 Å². The lowest BCUT2D eigenvalue weighted by Gasteiger charge is -2.22. The van der Waals surface area contributed by atoms with E-state index in [-0.39, 0.29) is 5.76 Å². The Morgan fingerprint density at radius 1 is 1.40 bits per heavy atom. The lowest BCUT2D eigenvalue weighted by Crippen LogP contribution is -2.28. The molecular weight excluding hydrogens is 256 g/mol. The van der Waals surface area contributed by atoms with Gasteiger partial charge < -0.3 is 14.5 Å². The van der Waals surface area contributed by atoms with Gasteiger partial charge in [0.1, 0.15) is 5.75 Å². The van der Waals surface area contributed by atoms with Gasteiger partial charge >= 0.3 is 5.76 Å². The molecule has 108 valence electrons. The molecule has 1 fully saturated rings. The zero-order valence-corrected chi connectivity index (χ0v) is 11.7. The van der Waals surface area contributed by atoms with Gasteiger partial charge in [0.15, 0.2) is 5.58 Å². The van der Waals surface area contributed by atoms with Crippen LogP contribution in [0.15, 0.2) is 27.4 Å². The molecule has 0 spiro atoms. The molecule has 0 bridgehead atoms. The number of aromatic nitrogens is 1. The predicted octanol–water partition coefficient (Wildman–Crippen LogP) is 1.99. The van der Waals surface area contributed by atoms with Gasteiger partial charge in [0.25, 0.3) is 0 Å². The molecule has 2 aromatic rings. The van der Waals surface area contributed by atoms with Crippen LogP contribution in [0.3, 0.4) is 0 Å². The van der Waals surface area contributed by atoms with Crippen LogP contribution in [0.4, 0.5) is 0 Å². The predicted molar refractivity (Wildman–Crippen MR) is 77.2 cm³/mol. The second-order valence-corrected chi connectivity index (χ2v) is 5.34. The van der Waals surface area contributed by atoms with Crippen LogP contribution in [0.2, 0.25) is 0 Å². The van der Waals surface area contributed by atoms with E-state index in [1.54, 1.807) is 17.7 Å². The minimum absolute atomic E-state index is 0.276. The fraction of sp³-hybridized carbons (Fsp3) is 0.533.